The lowest BCUT2D eigenvalue weighted by atomic mass is 10.1. The minimum atomic E-state index is -4.71. The fraction of sp³-hybridized carbons (Fsp3) is 0.200. The summed E-state index contributed by atoms with van der Waals surface area (Å²) in [4.78, 5) is 24.3. The van der Waals surface area contributed by atoms with E-state index < -0.39 is 27.7 Å². The van der Waals surface area contributed by atoms with Crippen molar-refractivity contribution in [1.82, 2.24) is 4.90 Å². The molecule has 1 amide bonds. The number of carbonyl (C=O) groups excluding carboxylic acids is 1. The van der Waals surface area contributed by atoms with Crippen LogP contribution in [0.2, 0.25) is 0 Å². The molecule has 8 nitrogen and oxygen atoms in total. The number of carboxylic acid groups (broad SMARTS) is 1. The Morgan fingerprint density at radius 1 is 1.00 bits per heavy atom. The van der Waals surface area contributed by atoms with Crippen molar-refractivity contribution < 1.29 is 41.0 Å². The molecule has 196 valence electrons. The van der Waals surface area contributed by atoms with Gasteiger partial charge in [0, 0.05) is 14.1 Å². The summed E-state index contributed by atoms with van der Waals surface area (Å²) in [6, 6.07) is 13.6. The molecule has 0 bridgehead atoms. The lowest BCUT2D eigenvalue weighted by Gasteiger charge is -2.18. The number of nitrogens with one attached hydrogen (secondary N) is 1. The Kier molecular flexibility index (Phi) is 8.12. The monoisotopic (exact) mass is 536 g/mol. The Hall–Kier alpha value is -4.06. The summed E-state index contributed by atoms with van der Waals surface area (Å²) in [6.07, 6.45) is -4.91. The average Bonchev–Trinajstić information content (AvgIpc) is 2.83. The van der Waals surface area contributed by atoms with Crippen LogP contribution < -0.4 is 9.46 Å². The van der Waals surface area contributed by atoms with Crippen LogP contribution in [0.4, 0.5) is 18.9 Å². The molecule has 12 heteroatoms. The maximum absolute atomic E-state index is 13.3. The number of likely N-dealkylation sites (N-methyl/N-ethyl adjacent to an activating group) is 1. The lowest BCUT2D eigenvalue weighted by molar-refractivity contribution is -0.137. The summed E-state index contributed by atoms with van der Waals surface area (Å²) in [7, 11) is -1.28. The zero-order chi connectivity index (χ0) is 27.4. The highest BCUT2D eigenvalue weighted by molar-refractivity contribution is 7.92. The molecule has 0 aliphatic heterocycles. The number of sulfonamides is 1. The Bertz CT molecular complexity index is 1400. The van der Waals surface area contributed by atoms with E-state index in [1.165, 1.54) is 61.5 Å². The number of halogens is 3. The molecule has 0 radical (unpaired) electrons. The first kappa shape index (κ1) is 27.5. The normalized spacial score (nSPS) is 11.6. The summed E-state index contributed by atoms with van der Waals surface area (Å²) in [6.45, 7) is -0.260. The van der Waals surface area contributed by atoms with E-state index in [0.29, 0.717) is 17.7 Å². The first-order valence-corrected chi connectivity index (χ1v) is 12.2. The largest absolute Gasteiger partial charge is 0.487 e. The van der Waals surface area contributed by atoms with Gasteiger partial charge in [0.1, 0.15) is 12.4 Å². The van der Waals surface area contributed by atoms with Crippen LogP contribution in [0, 0.1) is 0 Å². The average molecular weight is 537 g/mol. The molecule has 0 unspecified atom stereocenters. The van der Waals surface area contributed by atoms with Gasteiger partial charge in [-0.25, -0.2) is 13.2 Å². The number of hydrogen-bond acceptors (Lipinski definition) is 5. The van der Waals surface area contributed by atoms with Gasteiger partial charge in [-0.1, -0.05) is 30.3 Å². The second kappa shape index (κ2) is 10.9. The Morgan fingerprint density at radius 3 is 2.24 bits per heavy atom. The first-order valence-electron chi connectivity index (χ1n) is 10.7. The highest BCUT2D eigenvalue weighted by Crippen LogP contribution is 2.36. The zero-order valence-electron chi connectivity index (χ0n) is 19.7. The van der Waals surface area contributed by atoms with Crippen LogP contribution in [0.15, 0.2) is 71.6 Å². The smallest absolute Gasteiger partial charge is 0.416 e. The van der Waals surface area contributed by atoms with Crippen molar-refractivity contribution >= 4 is 27.6 Å². The minimum Gasteiger partial charge on any atom is -0.487 e. The van der Waals surface area contributed by atoms with E-state index in [9.17, 15) is 31.2 Å². The molecular formula is C25H23F3N2O6S. The maximum Gasteiger partial charge on any atom is 0.416 e. The molecule has 0 saturated heterocycles. The molecule has 0 atom stereocenters. The van der Waals surface area contributed by atoms with Crippen LogP contribution in [0.1, 0.15) is 27.0 Å². The number of carbonyl (C=O) groups is 2. The van der Waals surface area contributed by atoms with Gasteiger partial charge in [-0.2, -0.15) is 13.2 Å². The maximum atomic E-state index is 13.3. The van der Waals surface area contributed by atoms with E-state index in [0.717, 1.165) is 6.07 Å². The SMILES string of the molecule is CN(C)C(=O)Cc1ccccc1S(=O)(=O)Nc1ccc(C(F)(F)F)cc1OCc1ccc(C(=O)O)cc1. The van der Waals surface area contributed by atoms with E-state index in [4.69, 9.17) is 9.84 Å². The number of nitrogens with zero attached hydrogens (tertiary/aromatic N) is 1. The van der Waals surface area contributed by atoms with Gasteiger partial charge in [-0.3, -0.25) is 9.52 Å². The molecule has 0 saturated carbocycles. The molecular weight excluding hydrogens is 513 g/mol. The van der Waals surface area contributed by atoms with Gasteiger partial charge >= 0.3 is 12.1 Å². The van der Waals surface area contributed by atoms with E-state index >= 15 is 0 Å². The fourth-order valence-corrected chi connectivity index (χ4v) is 4.55. The van der Waals surface area contributed by atoms with Crippen molar-refractivity contribution in [3.8, 4) is 5.75 Å². The summed E-state index contributed by atoms with van der Waals surface area (Å²) >= 11 is 0. The molecule has 0 spiro atoms. The molecule has 0 aromatic heterocycles. The molecule has 3 rings (SSSR count). The van der Waals surface area contributed by atoms with Crippen LogP contribution in [-0.2, 0) is 34.0 Å². The zero-order valence-corrected chi connectivity index (χ0v) is 20.6. The number of alkyl halides is 3. The predicted molar refractivity (Wildman–Crippen MR) is 129 cm³/mol. The summed E-state index contributed by atoms with van der Waals surface area (Å²) in [5.74, 6) is -1.87. The Morgan fingerprint density at radius 2 is 1.65 bits per heavy atom. The molecule has 0 fully saturated rings. The number of benzene rings is 3. The molecule has 3 aromatic rings. The third kappa shape index (κ3) is 7.00. The summed E-state index contributed by atoms with van der Waals surface area (Å²) in [5, 5.41) is 9.00. The van der Waals surface area contributed by atoms with Gasteiger partial charge in [0.25, 0.3) is 10.0 Å². The lowest BCUT2D eigenvalue weighted by Crippen LogP contribution is -2.25. The highest BCUT2D eigenvalue weighted by atomic mass is 32.2. The van der Waals surface area contributed by atoms with E-state index in [1.54, 1.807) is 6.07 Å². The third-order valence-electron chi connectivity index (χ3n) is 5.25. The van der Waals surface area contributed by atoms with Gasteiger partial charge < -0.3 is 14.7 Å². The van der Waals surface area contributed by atoms with Crippen LogP contribution in [0.5, 0.6) is 5.75 Å². The standard InChI is InChI=1S/C25H23F3N2O6S/c1-30(2)23(31)13-18-5-3-4-6-22(18)37(34,35)29-20-12-11-19(25(26,27)28)14-21(20)36-15-16-7-9-17(10-8-16)24(32)33/h3-12,14,29H,13,15H2,1-2H3,(H,32,33). The number of amides is 1. The quantitative estimate of drug-likeness (QED) is 0.419. The van der Waals surface area contributed by atoms with Gasteiger partial charge in [0.2, 0.25) is 5.91 Å². The number of aromatic carboxylic acids is 1. The predicted octanol–water partition coefficient (Wildman–Crippen LogP) is 4.41. The molecule has 0 aliphatic rings. The van der Waals surface area contributed by atoms with Crippen LogP contribution in [-0.4, -0.2) is 44.4 Å². The second-order valence-corrected chi connectivity index (χ2v) is 9.83. The van der Waals surface area contributed by atoms with Gasteiger partial charge in [0.05, 0.1) is 28.1 Å². The van der Waals surface area contributed by atoms with Crippen molar-refractivity contribution in [2.45, 2.75) is 24.1 Å². The topological polar surface area (TPSA) is 113 Å². The second-order valence-electron chi connectivity index (χ2n) is 8.18. The van der Waals surface area contributed by atoms with Crippen LogP contribution in [0.25, 0.3) is 0 Å². The first-order chi connectivity index (χ1) is 17.3. The number of ether oxygens (including phenoxy) is 1. The molecule has 0 aliphatic carbocycles. The van der Waals surface area contributed by atoms with Crippen molar-refractivity contribution in [1.29, 1.82) is 0 Å². The minimum absolute atomic E-state index is 0.0164. The Labute approximate surface area is 211 Å². The van der Waals surface area contributed by atoms with Gasteiger partial charge in [-0.05, 0) is 47.5 Å². The number of anilines is 1. The molecule has 0 heterocycles. The summed E-state index contributed by atoms with van der Waals surface area (Å²) < 4.78 is 74.2. The van der Waals surface area contributed by atoms with E-state index in [-0.39, 0.29) is 46.4 Å². The fourth-order valence-electron chi connectivity index (χ4n) is 3.24. The molecule has 2 N–H and O–H groups in total. The Balaban J connectivity index is 1.94. The van der Waals surface area contributed by atoms with Crippen molar-refractivity contribution in [3.63, 3.8) is 0 Å². The van der Waals surface area contributed by atoms with Gasteiger partial charge in [-0.15, -0.1) is 0 Å². The van der Waals surface area contributed by atoms with E-state index in [1.807, 2.05) is 0 Å². The van der Waals surface area contributed by atoms with Crippen molar-refractivity contribution in [2.24, 2.45) is 0 Å². The van der Waals surface area contributed by atoms with Crippen LogP contribution in [0.3, 0.4) is 0 Å². The van der Waals surface area contributed by atoms with Crippen LogP contribution >= 0.6 is 0 Å². The molecule has 37 heavy (non-hydrogen) atoms. The molecule has 3 aromatic carbocycles. The van der Waals surface area contributed by atoms with Crippen molar-refractivity contribution in [3.05, 3.63) is 89.0 Å². The number of carboxylic acids is 1. The number of hydrogen-bond donors (Lipinski definition) is 2. The van der Waals surface area contributed by atoms with Gasteiger partial charge in [0.15, 0.2) is 0 Å². The van der Waals surface area contributed by atoms with Crippen molar-refractivity contribution in [2.75, 3.05) is 18.8 Å². The highest BCUT2D eigenvalue weighted by Gasteiger charge is 2.32. The number of rotatable bonds is 9. The summed E-state index contributed by atoms with van der Waals surface area (Å²) in [5.41, 5.74) is -0.624. The van der Waals surface area contributed by atoms with E-state index in [2.05, 4.69) is 4.72 Å². The third-order valence-corrected chi connectivity index (χ3v) is 6.72.